The molecule has 4 rings (SSSR count). The first kappa shape index (κ1) is 19.0. The Hall–Kier alpha value is -3.31. The van der Waals surface area contributed by atoms with Gasteiger partial charge in [-0.15, -0.1) is 11.3 Å². The first-order valence-electron chi connectivity index (χ1n) is 9.36. The summed E-state index contributed by atoms with van der Waals surface area (Å²) < 4.78 is 17.1. The molecular weight excluding hydrogens is 384 g/mol. The van der Waals surface area contributed by atoms with Crippen LogP contribution in [0.3, 0.4) is 0 Å². The van der Waals surface area contributed by atoms with Crippen molar-refractivity contribution in [1.29, 1.82) is 0 Å². The minimum atomic E-state index is -0.351. The van der Waals surface area contributed by atoms with E-state index in [0.717, 1.165) is 16.0 Å². The number of carbonyl (C=O) groups excluding carboxylic acids is 1. The SMILES string of the molecule is CCOc1cc(/C=C2/C=C(c3cccs3)OC2=O)ccc1OCc1ccccc1. The fraction of sp³-hybridized carbons (Fsp3) is 0.125. The fourth-order valence-corrected chi connectivity index (χ4v) is 3.62. The summed E-state index contributed by atoms with van der Waals surface area (Å²) >= 11 is 1.54. The molecule has 0 amide bonds. The van der Waals surface area contributed by atoms with Gasteiger partial charge in [0.25, 0.3) is 0 Å². The Kier molecular flexibility index (Phi) is 5.77. The Bertz CT molecular complexity index is 1050. The second-order valence-corrected chi connectivity index (χ2v) is 7.34. The van der Waals surface area contributed by atoms with Crippen LogP contribution < -0.4 is 9.47 Å². The first-order chi connectivity index (χ1) is 14.2. The predicted molar refractivity (Wildman–Crippen MR) is 115 cm³/mol. The Morgan fingerprint density at radius 3 is 2.62 bits per heavy atom. The van der Waals surface area contributed by atoms with Crippen molar-refractivity contribution in [1.82, 2.24) is 0 Å². The first-order valence-corrected chi connectivity index (χ1v) is 10.2. The maximum atomic E-state index is 12.2. The number of hydrogen-bond donors (Lipinski definition) is 0. The van der Waals surface area contributed by atoms with Crippen LogP contribution >= 0.6 is 11.3 Å². The van der Waals surface area contributed by atoms with E-state index in [9.17, 15) is 4.79 Å². The van der Waals surface area contributed by atoms with Gasteiger partial charge in [0.05, 0.1) is 17.1 Å². The second-order valence-electron chi connectivity index (χ2n) is 6.39. The zero-order valence-corrected chi connectivity index (χ0v) is 16.8. The van der Waals surface area contributed by atoms with Crippen molar-refractivity contribution in [3.63, 3.8) is 0 Å². The van der Waals surface area contributed by atoms with Crippen LogP contribution in [-0.2, 0) is 16.1 Å². The molecule has 4 nitrogen and oxygen atoms in total. The van der Waals surface area contributed by atoms with E-state index < -0.39 is 0 Å². The summed E-state index contributed by atoms with van der Waals surface area (Å²) in [4.78, 5) is 13.2. The lowest BCUT2D eigenvalue weighted by molar-refractivity contribution is -0.130. The van der Waals surface area contributed by atoms with Gasteiger partial charge in [-0.05, 0) is 53.8 Å². The number of cyclic esters (lactones) is 1. The van der Waals surface area contributed by atoms with Crippen LogP contribution in [0, 0.1) is 0 Å². The Morgan fingerprint density at radius 1 is 1.00 bits per heavy atom. The molecule has 0 fully saturated rings. The van der Waals surface area contributed by atoms with E-state index in [1.165, 1.54) is 11.3 Å². The lowest BCUT2D eigenvalue weighted by Gasteiger charge is -2.13. The van der Waals surface area contributed by atoms with Crippen molar-refractivity contribution >= 4 is 29.1 Å². The van der Waals surface area contributed by atoms with Crippen molar-refractivity contribution in [3.05, 3.63) is 93.7 Å². The predicted octanol–water partition coefficient (Wildman–Crippen LogP) is 5.71. The molecule has 0 radical (unpaired) electrons. The number of esters is 1. The molecule has 3 aromatic rings. The summed E-state index contributed by atoms with van der Waals surface area (Å²) in [6.45, 7) is 2.91. The Balaban J connectivity index is 1.56. The lowest BCUT2D eigenvalue weighted by atomic mass is 10.1. The van der Waals surface area contributed by atoms with E-state index in [1.807, 2.05) is 73.0 Å². The molecule has 0 aliphatic carbocycles. The Morgan fingerprint density at radius 2 is 1.86 bits per heavy atom. The topological polar surface area (TPSA) is 44.8 Å². The Labute approximate surface area is 173 Å². The lowest BCUT2D eigenvalue weighted by Crippen LogP contribution is -2.00. The van der Waals surface area contributed by atoms with Crippen molar-refractivity contribution in [3.8, 4) is 11.5 Å². The number of hydrogen-bond acceptors (Lipinski definition) is 5. The van der Waals surface area contributed by atoms with E-state index >= 15 is 0 Å². The average molecular weight is 404 g/mol. The van der Waals surface area contributed by atoms with Crippen molar-refractivity contribution in [2.24, 2.45) is 0 Å². The van der Waals surface area contributed by atoms with Gasteiger partial charge < -0.3 is 14.2 Å². The number of ether oxygens (including phenoxy) is 3. The summed E-state index contributed by atoms with van der Waals surface area (Å²) in [5.74, 6) is 1.55. The molecule has 0 saturated heterocycles. The molecule has 0 saturated carbocycles. The van der Waals surface area contributed by atoms with E-state index in [1.54, 1.807) is 12.2 Å². The van der Waals surface area contributed by atoms with Gasteiger partial charge in [-0.2, -0.15) is 0 Å². The molecule has 29 heavy (non-hydrogen) atoms. The number of rotatable bonds is 7. The highest BCUT2D eigenvalue weighted by Gasteiger charge is 2.22. The van der Waals surface area contributed by atoms with Gasteiger partial charge in [-0.1, -0.05) is 42.5 Å². The van der Waals surface area contributed by atoms with Crippen LogP contribution in [0.4, 0.5) is 0 Å². The zero-order valence-electron chi connectivity index (χ0n) is 16.0. The summed E-state index contributed by atoms with van der Waals surface area (Å²) in [5, 5.41) is 1.95. The standard InChI is InChI=1S/C24H20O4S/c1-2-26-21-14-18(10-11-20(21)27-16-17-7-4-3-5-8-17)13-19-15-22(28-24(19)25)23-9-6-12-29-23/h3-15H,2,16H2,1H3/b19-13-. The third kappa shape index (κ3) is 4.58. The van der Waals surface area contributed by atoms with Gasteiger partial charge in [-0.3, -0.25) is 0 Å². The third-order valence-electron chi connectivity index (χ3n) is 4.32. The van der Waals surface area contributed by atoms with Gasteiger partial charge in [0.2, 0.25) is 0 Å². The summed E-state index contributed by atoms with van der Waals surface area (Å²) in [6, 6.07) is 19.5. The van der Waals surface area contributed by atoms with Crippen LogP contribution in [0.2, 0.25) is 0 Å². The summed E-state index contributed by atoms with van der Waals surface area (Å²) in [5.41, 5.74) is 2.44. The molecule has 2 aromatic carbocycles. The van der Waals surface area contributed by atoms with Crippen LogP contribution in [0.25, 0.3) is 11.8 Å². The molecule has 1 aromatic heterocycles. The van der Waals surface area contributed by atoms with Crippen LogP contribution in [0.5, 0.6) is 11.5 Å². The number of thiophene rings is 1. The molecule has 1 aliphatic heterocycles. The normalized spacial score (nSPS) is 14.6. The molecule has 0 bridgehead atoms. The zero-order chi connectivity index (χ0) is 20.1. The second kappa shape index (κ2) is 8.80. The smallest absolute Gasteiger partial charge is 0.343 e. The van der Waals surface area contributed by atoms with Crippen LogP contribution in [-0.4, -0.2) is 12.6 Å². The summed E-state index contributed by atoms with van der Waals surface area (Å²) in [6.07, 6.45) is 3.57. The van der Waals surface area contributed by atoms with Gasteiger partial charge in [0, 0.05) is 0 Å². The van der Waals surface area contributed by atoms with E-state index in [2.05, 4.69) is 0 Å². The number of carbonyl (C=O) groups is 1. The monoisotopic (exact) mass is 404 g/mol. The van der Waals surface area contributed by atoms with Gasteiger partial charge in [-0.25, -0.2) is 4.79 Å². The fourth-order valence-electron chi connectivity index (χ4n) is 2.95. The molecule has 1 aliphatic rings. The van der Waals surface area contributed by atoms with Crippen molar-refractivity contribution < 1.29 is 19.0 Å². The number of benzene rings is 2. The molecule has 146 valence electrons. The highest BCUT2D eigenvalue weighted by molar-refractivity contribution is 7.11. The quantitative estimate of drug-likeness (QED) is 0.374. The molecule has 0 spiro atoms. The largest absolute Gasteiger partial charge is 0.490 e. The van der Waals surface area contributed by atoms with E-state index in [0.29, 0.717) is 36.0 Å². The van der Waals surface area contributed by atoms with Gasteiger partial charge in [0.1, 0.15) is 12.4 Å². The maximum Gasteiger partial charge on any atom is 0.343 e. The van der Waals surface area contributed by atoms with Gasteiger partial charge in [0.15, 0.2) is 11.5 Å². The molecule has 0 N–H and O–H groups in total. The third-order valence-corrected chi connectivity index (χ3v) is 5.20. The van der Waals surface area contributed by atoms with Crippen LogP contribution in [0.1, 0.15) is 22.9 Å². The van der Waals surface area contributed by atoms with E-state index in [4.69, 9.17) is 14.2 Å². The highest BCUT2D eigenvalue weighted by atomic mass is 32.1. The molecule has 0 unspecified atom stereocenters. The van der Waals surface area contributed by atoms with Crippen molar-refractivity contribution in [2.45, 2.75) is 13.5 Å². The molecular formula is C24H20O4S. The van der Waals surface area contributed by atoms with Crippen molar-refractivity contribution in [2.75, 3.05) is 6.61 Å². The maximum absolute atomic E-state index is 12.2. The summed E-state index contributed by atoms with van der Waals surface area (Å²) in [7, 11) is 0. The average Bonchev–Trinajstić information content (AvgIpc) is 3.39. The molecule has 2 heterocycles. The minimum absolute atomic E-state index is 0.351. The molecule has 0 atom stereocenters. The van der Waals surface area contributed by atoms with E-state index in [-0.39, 0.29) is 5.97 Å². The highest BCUT2D eigenvalue weighted by Crippen LogP contribution is 2.33. The van der Waals surface area contributed by atoms with Crippen LogP contribution in [0.15, 0.2) is 77.7 Å². The minimum Gasteiger partial charge on any atom is -0.490 e. The van der Waals surface area contributed by atoms with Gasteiger partial charge >= 0.3 is 5.97 Å². The molecule has 5 heteroatoms.